The van der Waals surface area contributed by atoms with E-state index < -0.39 is 5.60 Å². The van der Waals surface area contributed by atoms with Gasteiger partial charge in [0.2, 0.25) is 5.91 Å². The van der Waals surface area contributed by atoms with E-state index in [1.54, 1.807) is 6.92 Å². The quantitative estimate of drug-likeness (QED) is 0.677. The van der Waals surface area contributed by atoms with Gasteiger partial charge in [0.05, 0.1) is 12.1 Å². The molecule has 100 valence electrons. The van der Waals surface area contributed by atoms with Gasteiger partial charge in [-0.2, -0.15) is 0 Å². The van der Waals surface area contributed by atoms with Crippen LogP contribution in [0.4, 0.5) is 0 Å². The Labute approximate surface area is 108 Å². The van der Waals surface area contributed by atoms with Crippen molar-refractivity contribution in [2.24, 2.45) is 0 Å². The van der Waals surface area contributed by atoms with Crippen LogP contribution in [0.15, 0.2) is 30.3 Å². The smallest absolute Gasteiger partial charge is 0.233 e. The standard InChI is InChI=1S/C14H22N2O2/c1-3-9-16-13(17)10-15-11-14(2,18)12-7-5-4-6-8-12/h4-8,15,18H,3,9-11H2,1-2H3,(H,16,17). The summed E-state index contributed by atoms with van der Waals surface area (Å²) >= 11 is 0. The molecular weight excluding hydrogens is 228 g/mol. The number of carbonyl (C=O) groups is 1. The molecule has 0 bridgehead atoms. The zero-order chi connectivity index (χ0) is 13.4. The van der Waals surface area contributed by atoms with Crippen LogP contribution in [0.1, 0.15) is 25.8 Å². The normalized spacial score (nSPS) is 13.9. The molecular formula is C14H22N2O2. The van der Waals surface area contributed by atoms with Crippen molar-refractivity contribution in [2.45, 2.75) is 25.9 Å². The van der Waals surface area contributed by atoms with Crippen LogP contribution in [0, 0.1) is 0 Å². The van der Waals surface area contributed by atoms with Gasteiger partial charge in [0.15, 0.2) is 0 Å². The van der Waals surface area contributed by atoms with Crippen molar-refractivity contribution in [1.29, 1.82) is 0 Å². The number of rotatable bonds is 7. The van der Waals surface area contributed by atoms with E-state index >= 15 is 0 Å². The lowest BCUT2D eigenvalue weighted by Crippen LogP contribution is -2.41. The molecule has 3 N–H and O–H groups in total. The Bertz CT molecular complexity index is 363. The first kappa shape index (κ1) is 14.7. The van der Waals surface area contributed by atoms with Crippen LogP contribution in [0.2, 0.25) is 0 Å². The SMILES string of the molecule is CCCNC(=O)CNCC(C)(O)c1ccccc1. The summed E-state index contributed by atoms with van der Waals surface area (Å²) in [5, 5.41) is 16.0. The lowest BCUT2D eigenvalue weighted by Gasteiger charge is -2.24. The maximum atomic E-state index is 11.4. The molecule has 0 aliphatic rings. The van der Waals surface area contributed by atoms with Gasteiger partial charge in [0.25, 0.3) is 0 Å². The predicted octanol–water partition coefficient (Wildman–Crippen LogP) is 1.01. The van der Waals surface area contributed by atoms with E-state index in [1.807, 2.05) is 37.3 Å². The van der Waals surface area contributed by atoms with Crippen molar-refractivity contribution in [2.75, 3.05) is 19.6 Å². The van der Waals surface area contributed by atoms with E-state index in [-0.39, 0.29) is 12.5 Å². The van der Waals surface area contributed by atoms with Gasteiger partial charge >= 0.3 is 0 Å². The van der Waals surface area contributed by atoms with Gasteiger partial charge in [-0.25, -0.2) is 0 Å². The Kier molecular flexibility index (Phi) is 5.82. The highest BCUT2D eigenvalue weighted by atomic mass is 16.3. The summed E-state index contributed by atoms with van der Waals surface area (Å²) in [5.74, 6) is -0.0410. The highest BCUT2D eigenvalue weighted by molar-refractivity contribution is 5.77. The zero-order valence-corrected chi connectivity index (χ0v) is 11.1. The van der Waals surface area contributed by atoms with E-state index in [0.717, 1.165) is 12.0 Å². The number of aliphatic hydroxyl groups is 1. The Balaban J connectivity index is 2.36. The molecule has 1 amide bonds. The summed E-state index contributed by atoms with van der Waals surface area (Å²) in [4.78, 5) is 11.4. The van der Waals surface area contributed by atoms with Crippen molar-refractivity contribution < 1.29 is 9.90 Å². The average Bonchev–Trinajstić information content (AvgIpc) is 2.37. The minimum Gasteiger partial charge on any atom is -0.384 e. The van der Waals surface area contributed by atoms with Crippen LogP contribution >= 0.6 is 0 Å². The van der Waals surface area contributed by atoms with Gasteiger partial charge in [0.1, 0.15) is 0 Å². The fourth-order valence-corrected chi connectivity index (χ4v) is 1.65. The van der Waals surface area contributed by atoms with Crippen LogP contribution in [-0.4, -0.2) is 30.6 Å². The second-order valence-corrected chi connectivity index (χ2v) is 4.59. The molecule has 0 fully saturated rings. The Morgan fingerprint density at radius 1 is 1.33 bits per heavy atom. The zero-order valence-electron chi connectivity index (χ0n) is 11.1. The number of hydrogen-bond acceptors (Lipinski definition) is 3. The molecule has 0 saturated heterocycles. The average molecular weight is 250 g/mol. The molecule has 0 saturated carbocycles. The van der Waals surface area contributed by atoms with Crippen molar-refractivity contribution in [3.8, 4) is 0 Å². The van der Waals surface area contributed by atoms with Crippen molar-refractivity contribution in [3.63, 3.8) is 0 Å². The fourth-order valence-electron chi connectivity index (χ4n) is 1.65. The molecule has 18 heavy (non-hydrogen) atoms. The molecule has 1 unspecified atom stereocenters. The predicted molar refractivity (Wildman–Crippen MR) is 72.2 cm³/mol. The number of amides is 1. The summed E-state index contributed by atoms with van der Waals surface area (Å²) in [5.41, 5.74) is -0.127. The van der Waals surface area contributed by atoms with Gasteiger partial charge in [-0.15, -0.1) is 0 Å². The molecule has 0 heterocycles. The maximum absolute atomic E-state index is 11.4. The van der Waals surface area contributed by atoms with Gasteiger partial charge < -0.3 is 15.7 Å². The van der Waals surface area contributed by atoms with Gasteiger partial charge in [-0.05, 0) is 18.9 Å². The highest BCUT2D eigenvalue weighted by Crippen LogP contribution is 2.18. The van der Waals surface area contributed by atoms with Gasteiger partial charge in [-0.1, -0.05) is 37.3 Å². The molecule has 1 atom stereocenters. The van der Waals surface area contributed by atoms with E-state index in [4.69, 9.17) is 0 Å². The molecule has 0 aliphatic carbocycles. The molecule has 0 aliphatic heterocycles. The topological polar surface area (TPSA) is 61.4 Å². The molecule has 0 aromatic heterocycles. The van der Waals surface area contributed by atoms with Crippen LogP contribution < -0.4 is 10.6 Å². The van der Waals surface area contributed by atoms with Crippen LogP contribution in [0.5, 0.6) is 0 Å². The van der Waals surface area contributed by atoms with Crippen molar-refractivity contribution >= 4 is 5.91 Å². The first-order valence-electron chi connectivity index (χ1n) is 6.31. The van der Waals surface area contributed by atoms with Gasteiger partial charge in [0, 0.05) is 13.1 Å². The minimum atomic E-state index is -0.966. The fraction of sp³-hybridized carbons (Fsp3) is 0.500. The van der Waals surface area contributed by atoms with E-state index in [0.29, 0.717) is 13.1 Å². The second kappa shape index (κ2) is 7.13. The summed E-state index contributed by atoms with van der Waals surface area (Å²) in [6, 6.07) is 9.43. The highest BCUT2D eigenvalue weighted by Gasteiger charge is 2.22. The largest absolute Gasteiger partial charge is 0.384 e. The van der Waals surface area contributed by atoms with E-state index in [2.05, 4.69) is 10.6 Å². The van der Waals surface area contributed by atoms with E-state index in [9.17, 15) is 9.90 Å². The summed E-state index contributed by atoms with van der Waals surface area (Å²) in [6.45, 7) is 5.00. The molecule has 1 rings (SSSR count). The first-order valence-corrected chi connectivity index (χ1v) is 6.31. The van der Waals surface area contributed by atoms with Crippen LogP contribution in [-0.2, 0) is 10.4 Å². The lowest BCUT2D eigenvalue weighted by atomic mass is 9.96. The van der Waals surface area contributed by atoms with Gasteiger partial charge in [-0.3, -0.25) is 4.79 Å². The Morgan fingerprint density at radius 3 is 2.61 bits per heavy atom. The summed E-state index contributed by atoms with van der Waals surface area (Å²) < 4.78 is 0. The Morgan fingerprint density at radius 2 is 2.00 bits per heavy atom. The molecule has 4 heteroatoms. The third-order valence-corrected chi connectivity index (χ3v) is 2.72. The molecule has 0 radical (unpaired) electrons. The molecule has 1 aromatic carbocycles. The number of nitrogens with one attached hydrogen (secondary N) is 2. The summed E-state index contributed by atoms with van der Waals surface area (Å²) in [7, 11) is 0. The molecule has 1 aromatic rings. The molecule has 4 nitrogen and oxygen atoms in total. The number of hydrogen-bond donors (Lipinski definition) is 3. The molecule has 0 spiro atoms. The van der Waals surface area contributed by atoms with Crippen molar-refractivity contribution in [1.82, 2.24) is 10.6 Å². The first-order chi connectivity index (χ1) is 8.56. The lowest BCUT2D eigenvalue weighted by molar-refractivity contribution is -0.120. The third-order valence-electron chi connectivity index (χ3n) is 2.72. The van der Waals surface area contributed by atoms with Crippen molar-refractivity contribution in [3.05, 3.63) is 35.9 Å². The van der Waals surface area contributed by atoms with E-state index in [1.165, 1.54) is 0 Å². The monoisotopic (exact) mass is 250 g/mol. The van der Waals surface area contributed by atoms with Crippen LogP contribution in [0.25, 0.3) is 0 Å². The van der Waals surface area contributed by atoms with Crippen LogP contribution in [0.3, 0.4) is 0 Å². The second-order valence-electron chi connectivity index (χ2n) is 4.59. The third kappa shape index (κ3) is 4.85. The minimum absolute atomic E-state index is 0.0410. The maximum Gasteiger partial charge on any atom is 0.233 e. The Hall–Kier alpha value is -1.39. The summed E-state index contributed by atoms with van der Waals surface area (Å²) in [6.07, 6.45) is 0.924. The number of benzene rings is 1. The number of carbonyl (C=O) groups excluding carboxylic acids is 1.